The summed E-state index contributed by atoms with van der Waals surface area (Å²) in [4.78, 5) is 27.8. The number of carbonyl (C=O) groups is 2. The minimum atomic E-state index is -0.144. The van der Waals surface area contributed by atoms with Gasteiger partial charge in [-0.15, -0.1) is 11.3 Å². The van der Waals surface area contributed by atoms with Gasteiger partial charge in [-0.3, -0.25) is 14.5 Å². The molecule has 2 N–H and O–H groups in total. The van der Waals surface area contributed by atoms with Gasteiger partial charge in [0.25, 0.3) is 5.91 Å². The van der Waals surface area contributed by atoms with Gasteiger partial charge in [-0.2, -0.15) is 0 Å². The van der Waals surface area contributed by atoms with Gasteiger partial charge >= 0.3 is 0 Å². The van der Waals surface area contributed by atoms with E-state index in [1.165, 1.54) is 16.9 Å². The molecule has 6 nitrogen and oxygen atoms in total. The first-order valence-electron chi connectivity index (χ1n) is 10.2. The summed E-state index contributed by atoms with van der Waals surface area (Å²) in [5, 5.41) is 7.78. The third-order valence-electron chi connectivity index (χ3n) is 5.13. The molecule has 3 aromatic rings. The predicted molar refractivity (Wildman–Crippen MR) is 125 cm³/mol. The number of benzene rings is 2. The van der Waals surface area contributed by atoms with E-state index >= 15 is 0 Å². The Kier molecular flexibility index (Phi) is 6.76. The van der Waals surface area contributed by atoms with Crippen LogP contribution < -0.4 is 10.6 Å². The number of thiophene rings is 1. The van der Waals surface area contributed by atoms with Crippen LogP contribution in [-0.2, 0) is 9.53 Å². The van der Waals surface area contributed by atoms with Gasteiger partial charge in [0.1, 0.15) is 0 Å². The molecule has 0 unspecified atom stereocenters. The van der Waals surface area contributed by atoms with E-state index in [2.05, 4.69) is 15.5 Å². The Hall–Kier alpha value is -3.00. The number of aryl methyl sites for hydroxylation is 1. The molecule has 0 saturated carbocycles. The van der Waals surface area contributed by atoms with E-state index in [-0.39, 0.29) is 11.8 Å². The van der Waals surface area contributed by atoms with Gasteiger partial charge in [0.05, 0.1) is 24.6 Å². The van der Waals surface area contributed by atoms with Crippen molar-refractivity contribution in [3.05, 3.63) is 70.4 Å². The number of nitrogens with one attached hydrogen (secondary N) is 2. The molecule has 0 spiro atoms. The summed E-state index contributed by atoms with van der Waals surface area (Å²) in [6.45, 7) is 5.26. The highest BCUT2D eigenvalue weighted by Crippen LogP contribution is 2.29. The van der Waals surface area contributed by atoms with Crippen molar-refractivity contribution >= 4 is 34.5 Å². The average Bonchev–Trinajstić information content (AvgIpc) is 3.26. The smallest absolute Gasteiger partial charge is 0.266 e. The van der Waals surface area contributed by atoms with E-state index in [0.717, 1.165) is 24.2 Å². The van der Waals surface area contributed by atoms with E-state index in [9.17, 15) is 9.59 Å². The van der Waals surface area contributed by atoms with Gasteiger partial charge in [0.2, 0.25) is 5.91 Å². The predicted octanol–water partition coefficient (Wildman–Crippen LogP) is 4.25. The van der Waals surface area contributed by atoms with Gasteiger partial charge in [0, 0.05) is 30.0 Å². The molecule has 1 saturated heterocycles. The highest BCUT2D eigenvalue weighted by atomic mass is 32.1. The second-order valence-corrected chi connectivity index (χ2v) is 8.41. The second-order valence-electron chi connectivity index (χ2n) is 7.50. The lowest BCUT2D eigenvalue weighted by Gasteiger charge is -2.25. The van der Waals surface area contributed by atoms with Crippen LogP contribution in [0.15, 0.2) is 60.0 Å². The Morgan fingerprint density at radius 2 is 1.58 bits per heavy atom. The Morgan fingerprint density at radius 1 is 0.935 bits per heavy atom. The van der Waals surface area contributed by atoms with Gasteiger partial charge in [0.15, 0.2) is 0 Å². The minimum Gasteiger partial charge on any atom is -0.379 e. The SMILES string of the molecule is Cc1ccc(-c2ccsc2C(=O)Nc2ccc(NC(=O)CN3CCOCC3)cc2)cc1. The molecule has 0 aliphatic carbocycles. The fourth-order valence-electron chi connectivity index (χ4n) is 3.43. The second kappa shape index (κ2) is 9.87. The van der Waals surface area contributed by atoms with Crippen LogP contribution in [0.25, 0.3) is 11.1 Å². The molecule has 4 rings (SSSR count). The topological polar surface area (TPSA) is 70.7 Å². The third kappa shape index (κ3) is 5.58. The molecule has 2 heterocycles. The van der Waals surface area contributed by atoms with E-state index in [1.807, 2.05) is 42.6 Å². The number of carbonyl (C=O) groups excluding carboxylic acids is 2. The molecule has 1 aliphatic rings. The number of nitrogens with zero attached hydrogens (tertiary/aromatic N) is 1. The van der Waals surface area contributed by atoms with Gasteiger partial charge < -0.3 is 15.4 Å². The van der Waals surface area contributed by atoms with E-state index in [0.29, 0.717) is 36.0 Å². The van der Waals surface area contributed by atoms with E-state index in [4.69, 9.17) is 4.74 Å². The molecule has 0 bridgehead atoms. The summed E-state index contributed by atoms with van der Waals surface area (Å²) >= 11 is 1.42. The zero-order valence-electron chi connectivity index (χ0n) is 17.4. The van der Waals surface area contributed by atoms with Crippen LogP contribution in [-0.4, -0.2) is 49.6 Å². The minimum absolute atomic E-state index is 0.0555. The molecule has 1 fully saturated rings. The summed E-state index contributed by atoms with van der Waals surface area (Å²) in [7, 11) is 0. The molecule has 1 aliphatic heterocycles. The lowest BCUT2D eigenvalue weighted by molar-refractivity contribution is -0.118. The van der Waals surface area contributed by atoms with E-state index < -0.39 is 0 Å². The maximum Gasteiger partial charge on any atom is 0.266 e. The van der Waals surface area contributed by atoms with Gasteiger partial charge in [-0.25, -0.2) is 0 Å². The van der Waals surface area contributed by atoms with Crippen LogP contribution in [0.2, 0.25) is 0 Å². The first-order chi connectivity index (χ1) is 15.1. The molecule has 31 heavy (non-hydrogen) atoms. The molecule has 2 amide bonds. The number of amides is 2. The molecular weight excluding hydrogens is 410 g/mol. The zero-order chi connectivity index (χ0) is 21.6. The molecule has 0 atom stereocenters. The Bertz CT molecular complexity index is 1040. The van der Waals surface area contributed by atoms with Crippen LogP contribution in [0, 0.1) is 6.92 Å². The van der Waals surface area contributed by atoms with Crippen LogP contribution in [0.4, 0.5) is 11.4 Å². The maximum absolute atomic E-state index is 12.8. The van der Waals surface area contributed by atoms with E-state index in [1.54, 1.807) is 24.3 Å². The quantitative estimate of drug-likeness (QED) is 0.607. The van der Waals surface area contributed by atoms with Gasteiger partial charge in [-0.05, 0) is 48.2 Å². The Balaban J connectivity index is 1.36. The Labute approximate surface area is 185 Å². The van der Waals surface area contributed by atoms with Crippen molar-refractivity contribution in [1.82, 2.24) is 4.90 Å². The molecule has 7 heteroatoms. The summed E-state index contributed by atoms with van der Waals surface area (Å²) in [5.74, 6) is -0.199. The molecule has 2 aromatic carbocycles. The van der Waals surface area contributed by atoms with Crippen LogP contribution in [0.5, 0.6) is 0 Å². The summed E-state index contributed by atoms with van der Waals surface area (Å²) < 4.78 is 5.30. The standard InChI is InChI=1S/C24H25N3O3S/c1-17-2-4-18(5-3-17)21-10-15-31-23(21)24(29)26-20-8-6-19(7-9-20)25-22(28)16-27-11-13-30-14-12-27/h2-10,15H,11-14,16H2,1H3,(H,25,28)(H,26,29). The van der Waals surface area contributed by atoms with Crippen molar-refractivity contribution in [2.24, 2.45) is 0 Å². The van der Waals surface area contributed by atoms with Crippen molar-refractivity contribution in [1.29, 1.82) is 0 Å². The first kappa shape index (κ1) is 21.2. The molecule has 1 aromatic heterocycles. The molecule has 160 valence electrons. The van der Waals surface area contributed by atoms with Crippen molar-refractivity contribution in [2.75, 3.05) is 43.5 Å². The first-order valence-corrected chi connectivity index (χ1v) is 11.1. The van der Waals surface area contributed by atoms with Crippen LogP contribution in [0.3, 0.4) is 0 Å². The largest absolute Gasteiger partial charge is 0.379 e. The fraction of sp³-hybridized carbons (Fsp3) is 0.250. The van der Waals surface area contributed by atoms with Crippen LogP contribution >= 0.6 is 11.3 Å². The number of hydrogen-bond acceptors (Lipinski definition) is 5. The lowest BCUT2D eigenvalue weighted by atomic mass is 10.0. The van der Waals surface area contributed by atoms with Crippen molar-refractivity contribution in [2.45, 2.75) is 6.92 Å². The number of rotatable bonds is 6. The summed E-state index contributed by atoms with van der Waals surface area (Å²) in [6.07, 6.45) is 0. The molecular formula is C24H25N3O3S. The molecule has 0 radical (unpaired) electrons. The third-order valence-corrected chi connectivity index (χ3v) is 6.04. The van der Waals surface area contributed by atoms with Crippen molar-refractivity contribution in [3.8, 4) is 11.1 Å². The average molecular weight is 436 g/mol. The number of hydrogen-bond donors (Lipinski definition) is 2. The van der Waals surface area contributed by atoms with Gasteiger partial charge in [-0.1, -0.05) is 29.8 Å². The Morgan fingerprint density at radius 3 is 2.26 bits per heavy atom. The highest BCUT2D eigenvalue weighted by Gasteiger charge is 2.16. The van der Waals surface area contributed by atoms with Crippen molar-refractivity contribution < 1.29 is 14.3 Å². The number of morpholine rings is 1. The summed E-state index contributed by atoms with van der Waals surface area (Å²) in [5.41, 5.74) is 4.51. The maximum atomic E-state index is 12.8. The summed E-state index contributed by atoms with van der Waals surface area (Å²) in [6, 6.07) is 17.3. The normalized spacial score (nSPS) is 14.2. The zero-order valence-corrected chi connectivity index (χ0v) is 18.2. The van der Waals surface area contributed by atoms with Crippen molar-refractivity contribution in [3.63, 3.8) is 0 Å². The number of ether oxygens (including phenoxy) is 1. The highest BCUT2D eigenvalue weighted by molar-refractivity contribution is 7.12. The monoisotopic (exact) mass is 435 g/mol. The lowest BCUT2D eigenvalue weighted by Crippen LogP contribution is -2.41. The van der Waals surface area contributed by atoms with Crippen LogP contribution in [0.1, 0.15) is 15.2 Å². The number of anilines is 2. The fourth-order valence-corrected chi connectivity index (χ4v) is 4.24.